The zero-order valence-corrected chi connectivity index (χ0v) is 13.7. The number of hydrogen-bond acceptors (Lipinski definition) is 5. The lowest BCUT2D eigenvalue weighted by molar-refractivity contribution is -0.137. The Bertz CT molecular complexity index is 586. The average Bonchev–Trinajstić information content (AvgIpc) is 3.24. The van der Waals surface area contributed by atoms with Crippen molar-refractivity contribution in [3.8, 4) is 0 Å². The Morgan fingerprint density at radius 3 is 3.04 bits per heavy atom. The number of nitrogens with zero attached hydrogens (tertiary/aromatic N) is 3. The number of likely N-dealkylation sites (tertiary alicyclic amines) is 2. The fourth-order valence-corrected chi connectivity index (χ4v) is 3.46. The molecule has 7 heteroatoms. The van der Waals surface area contributed by atoms with Crippen LogP contribution in [0.1, 0.15) is 36.8 Å². The minimum Gasteiger partial charge on any atom is -0.383 e. The Hall–Kier alpha value is -1.89. The highest BCUT2D eigenvalue weighted by Gasteiger charge is 2.40. The zero-order valence-electron chi connectivity index (χ0n) is 13.7. The van der Waals surface area contributed by atoms with E-state index in [1.54, 1.807) is 12.0 Å². The van der Waals surface area contributed by atoms with E-state index in [0.29, 0.717) is 32.7 Å². The molecule has 1 aromatic heterocycles. The van der Waals surface area contributed by atoms with Gasteiger partial charge in [-0.2, -0.15) is 0 Å². The van der Waals surface area contributed by atoms with Crippen molar-refractivity contribution < 1.29 is 18.8 Å². The van der Waals surface area contributed by atoms with Crippen LogP contribution in [0, 0.1) is 12.8 Å². The smallest absolute Gasteiger partial charge is 0.228 e. The van der Waals surface area contributed by atoms with Gasteiger partial charge in [-0.05, 0) is 19.8 Å². The van der Waals surface area contributed by atoms with Gasteiger partial charge in [0.25, 0.3) is 0 Å². The van der Waals surface area contributed by atoms with Gasteiger partial charge in [-0.15, -0.1) is 0 Å². The van der Waals surface area contributed by atoms with Gasteiger partial charge in [0.05, 0.1) is 24.3 Å². The average molecular weight is 321 g/mol. The number of hydrogen-bond donors (Lipinski definition) is 0. The van der Waals surface area contributed by atoms with Crippen LogP contribution in [0.25, 0.3) is 0 Å². The Labute approximate surface area is 135 Å². The second kappa shape index (κ2) is 6.70. The molecule has 126 valence electrons. The first-order valence-corrected chi connectivity index (χ1v) is 8.10. The van der Waals surface area contributed by atoms with E-state index in [9.17, 15) is 9.59 Å². The van der Waals surface area contributed by atoms with E-state index in [4.69, 9.17) is 9.26 Å². The van der Waals surface area contributed by atoms with Crippen molar-refractivity contribution in [1.29, 1.82) is 0 Å². The molecule has 0 bridgehead atoms. The zero-order chi connectivity index (χ0) is 16.4. The van der Waals surface area contributed by atoms with Crippen molar-refractivity contribution in [2.75, 3.05) is 33.4 Å². The summed E-state index contributed by atoms with van der Waals surface area (Å²) >= 11 is 0. The molecule has 1 aromatic rings. The maximum atomic E-state index is 12.9. The number of amides is 2. The van der Waals surface area contributed by atoms with Gasteiger partial charge in [-0.25, -0.2) is 0 Å². The fraction of sp³-hybridized carbons (Fsp3) is 0.688. The molecule has 3 rings (SSSR count). The fourth-order valence-electron chi connectivity index (χ4n) is 3.46. The third-order valence-corrected chi connectivity index (χ3v) is 4.64. The quantitative estimate of drug-likeness (QED) is 0.813. The molecule has 7 nitrogen and oxygen atoms in total. The number of aromatic nitrogens is 1. The Morgan fingerprint density at radius 2 is 2.35 bits per heavy atom. The van der Waals surface area contributed by atoms with Crippen molar-refractivity contribution in [3.63, 3.8) is 0 Å². The number of carbonyl (C=O) groups is 2. The van der Waals surface area contributed by atoms with Crippen molar-refractivity contribution in [1.82, 2.24) is 15.0 Å². The predicted molar refractivity (Wildman–Crippen MR) is 81.5 cm³/mol. The molecule has 2 aliphatic rings. The first-order valence-electron chi connectivity index (χ1n) is 8.10. The first kappa shape index (κ1) is 16.0. The summed E-state index contributed by atoms with van der Waals surface area (Å²) in [6, 6.07) is 1.84. The van der Waals surface area contributed by atoms with Crippen LogP contribution in [0.2, 0.25) is 0 Å². The Kier molecular flexibility index (Phi) is 4.66. The SMILES string of the molecule is COCCN1C[C@@H](C(=O)N2CCC[C@@H]2c2cc(C)no2)CC1=O. The minimum absolute atomic E-state index is 0.0339. The second-order valence-electron chi connectivity index (χ2n) is 6.29. The maximum absolute atomic E-state index is 12.9. The highest BCUT2D eigenvalue weighted by atomic mass is 16.5. The third kappa shape index (κ3) is 3.24. The number of carbonyl (C=O) groups excluding carboxylic acids is 2. The summed E-state index contributed by atoms with van der Waals surface area (Å²) in [6.45, 7) is 4.11. The molecule has 2 aliphatic heterocycles. The van der Waals surface area contributed by atoms with Gasteiger partial charge in [-0.1, -0.05) is 5.16 Å². The molecule has 0 saturated carbocycles. The van der Waals surface area contributed by atoms with Crippen LogP contribution < -0.4 is 0 Å². The molecule has 0 aromatic carbocycles. The predicted octanol–water partition coefficient (Wildman–Crippen LogP) is 1.14. The summed E-state index contributed by atoms with van der Waals surface area (Å²) in [5.41, 5.74) is 0.820. The van der Waals surface area contributed by atoms with Gasteiger partial charge >= 0.3 is 0 Å². The van der Waals surface area contributed by atoms with Crippen LogP contribution in [0.15, 0.2) is 10.6 Å². The molecule has 0 radical (unpaired) electrons. The van der Waals surface area contributed by atoms with E-state index in [0.717, 1.165) is 24.3 Å². The standard InChI is InChI=1S/C16H23N3O4/c1-11-8-14(23-17-11)13-4-3-5-19(13)16(21)12-9-15(20)18(10-12)6-7-22-2/h8,12-13H,3-7,9-10H2,1-2H3/t12-,13+/m0/s1. The lowest BCUT2D eigenvalue weighted by atomic mass is 10.1. The summed E-state index contributed by atoms with van der Waals surface area (Å²) in [4.78, 5) is 28.5. The second-order valence-corrected chi connectivity index (χ2v) is 6.29. The normalized spacial score (nSPS) is 24.7. The topological polar surface area (TPSA) is 75.9 Å². The molecule has 0 unspecified atom stereocenters. The maximum Gasteiger partial charge on any atom is 0.228 e. The summed E-state index contributed by atoms with van der Waals surface area (Å²) in [7, 11) is 1.61. The van der Waals surface area contributed by atoms with Gasteiger partial charge in [-0.3, -0.25) is 9.59 Å². The van der Waals surface area contributed by atoms with Crippen molar-refractivity contribution in [3.05, 3.63) is 17.5 Å². The molecule has 23 heavy (non-hydrogen) atoms. The van der Waals surface area contributed by atoms with Crippen molar-refractivity contribution >= 4 is 11.8 Å². The van der Waals surface area contributed by atoms with Crippen molar-refractivity contribution in [2.24, 2.45) is 5.92 Å². The van der Waals surface area contributed by atoms with E-state index in [1.807, 2.05) is 17.9 Å². The molecular formula is C16H23N3O4. The van der Waals surface area contributed by atoms with Crippen LogP contribution in [0.4, 0.5) is 0 Å². The van der Waals surface area contributed by atoms with Crippen LogP contribution >= 0.6 is 0 Å². The molecule has 2 amide bonds. The van der Waals surface area contributed by atoms with Gasteiger partial charge in [0, 0.05) is 39.2 Å². The van der Waals surface area contributed by atoms with Gasteiger partial charge < -0.3 is 19.1 Å². The van der Waals surface area contributed by atoms with Gasteiger partial charge in [0.2, 0.25) is 11.8 Å². The highest BCUT2D eigenvalue weighted by Crippen LogP contribution is 2.34. The summed E-state index contributed by atoms with van der Waals surface area (Å²) in [5, 5.41) is 3.92. The molecule has 2 atom stereocenters. The highest BCUT2D eigenvalue weighted by molar-refractivity contribution is 5.89. The lowest BCUT2D eigenvalue weighted by Gasteiger charge is -2.25. The first-order chi connectivity index (χ1) is 11.1. The van der Waals surface area contributed by atoms with E-state index in [2.05, 4.69) is 5.16 Å². The number of methoxy groups -OCH3 is 1. The van der Waals surface area contributed by atoms with Crippen LogP contribution in [0.3, 0.4) is 0 Å². The molecule has 0 aliphatic carbocycles. The van der Waals surface area contributed by atoms with E-state index < -0.39 is 0 Å². The van der Waals surface area contributed by atoms with Crippen LogP contribution in [0.5, 0.6) is 0 Å². The Balaban J connectivity index is 1.66. The van der Waals surface area contributed by atoms with Gasteiger partial charge in [0.15, 0.2) is 5.76 Å². The van der Waals surface area contributed by atoms with Crippen LogP contribution in [-0.4, -0.2) is 60.1 Å². The van der Waals surface area contributed by atoms with Crippen molar-refractivity contribution in [2.45, 2.75) is 32.2 Å². The van der Waals surface area contributed by atoms with E-state index >= 15 is 0 Å². The molecule has 2 fully saturated rings. The third-order valence-electron chi connectivity index (χ3n) is 4.64. The molecule has 0 spiro atoms. The summed E-state index contributed by atoms with van der Waals surface area (Å²) in [6.07, 6.45) is 2.12. The Morgan fingerprint density at radius 1 is 1.52 bits per heavy atom. The molecular weight excluding hydrogens is 298 g/mol. The van der Waals surface area contributed by atoms with E-state index in [1.165, 1.54) is 0 Å². The largest absolute Gasteiger partial charge is 0.383 e. The number of aryl methyl sites for hydroxylation is 1. The molecule has 0 N–H and O–H groups in total. The number of rotatable bonds is 5. The molecule has 2 saturated heterocycles. The summed E-state index contributed by atoms with van der Waals surface area (Å²) < 4.78 is 10.4. The number of ether oxygens (including phenoxy) is 1. The van der Waals surface area contributed by atoms with Gasteiger partial charge in [0.1, 0.15) is 0 Å². The minimum atomic E-state index is -0.260. The summed E-state index contributed by atoms with van der Waals surface area (Å²) in [5.74, 6) is 0.569. The molecule has 3 heterocycles. The monoisotopic (exact) mass is 321 g/mol. The van der Waals surface area contributed by atoms with Crippen LogP contribution in [-0.2, 0) is 14.3 Å². The lowest BCUT2D eigenvalue weighted by Crippen LogP contribution is -2.37. The van der Waals surface area contributed by atoms with E-state index in [-0.39, 0.29) is 23.8 Å².